The fourth-order valence-electron chi connectivity index (χ4n) is 3.24. The Kier molecular flexibility index (Phi) is 4.02. The molecule has 2 nitrogen and oxygen atoms in total. The number of benzene rings is 1. The van der Waals surface area contributed by atoms with Crippen LogP contribution in [0, 0.1) is 5.82 Å². The molecule has 0 amide bonds. The Morgan fingerprint density at radius 2 is 2.24 bits per heavy atom. The van der Waals surface area contributed by atoms with E-state index in [0.29, 0.717) is 0 Å². The van der Waals surface area contributed by atoms with Gasteiger partial charge in [-0.2, -0.15) is 0 Å². The van der Waals surface area contributed by atoms with Gasteiger partial charge < -0.3 is 5.32 Å². The van der Waals surface area contributed by atoms with Crippen LogP contribution in [0.25, 0.3) is 0 Å². The number of halogens is 1. The predicted octanol–water partition coefficient (Wildman–Crippen LogP) is 3.97. The van der Waals surface area contributed by atoms with E-state index in [-0.39, 0.29) is 17.8 Å². The van der Waals surface area contributed by atoms with Crippen molar-refractivity contribution in [3.63, 3.8) is 0 Å². The van der Waals surface area contributed by atoms with Crippen molar-refractivity contribution >= 4 is 0 Å². The highest BCUT2D eigenvalue weighted by Crippen LogP contribution is 2.38. The second-order valence-electron chi connectivity index (χ2n) is 5.70. The van der Waals surface area contributed by atoms with Gasteiger partial charge in [0, 0.05) is 18.2 Å². The van der Waals surface area contributed by atoms with Gasteiger partial charge in [-0.15, -0.1) is 0 Å². The first-order valence-electron chi connectivity index (χ1n) is 7.67. The Labute approximate surface area is 125 Å². The number of hydrogen-bond acceptors (Lipinski definition) is 2. The zero-order chi connectivity index (χ0) is 14.8. The maximum atomic E-state index is 14.3. The summed E-state index contributed by atoms with van der Waals surface area (Å²) in [5.74, 6) is -0.0269. The molecule has 1 N–H and O–H groups in total. The van der Waals surface area contributed by atoms with Crippen molar-refractivity contribution < 1.29 is 4.39 Å². The summed E-state index contributed by atoms with van der Waals surface area (Å²) in [5, 5.41) is 3.38. The van der Waals surface area contributed by atoms with Gasteiger partial charge in [-0.25, -0.2) is 4.39 Å². The van der Waals surface area contributed by atoms with Crippen molar-refractivity contribution in [2.24, 2.45) is 0 Å². The molecule has 0 saturated heterocycles. The van der Waals surface area contributed by atoms with E-state index in [9.17, 15) is 4.39 Å². The topological polar surface area (TPSA) is 24.9 Å². The van der Waals surface area contributed by atoms with E-state index >= 15 is 0 Å². The van der Waals surface area contributed by atoms with Gasteiger partial charge in [0.25, 0.3) is 0 Å². The van der Waals surface area contributed by atoms with Gasteiger partial charge in [-0.3, -0.25) is 4.98 Å². The fourth-order valence-corrected chi connectivity index (χ4v) is 3.24. The second kappa shape index (κ2) is 5.94. The minimum atomic E-state index is -0.119. The summed E-state index contributed by atoms with van der Waals surface area (Å²) in [4.78, 5) is 4.49. The van der Waals surface area contributed by atoms with Crippen LogP contribution in [0.1, 0.15) is 54.6 Å². The molecular weight excluding hydrogens is 263 g/mol. The van der Waals surface area contributed by atoms with Gasteiger partial charge in [0.15, 0.2) is 0 Å². The SMILES string of the molecule is CCNC(C)c1ccc(F)c(C2CCc3cccnc32)c1. The fraction of sp³-hybridized carbons (Fsp3) is 0.389. The van der Waals surface area contributed by atoms with Gasteiger partial charge in [0.1, 0.15) is 5.82 Å². The summed E-state index contributed by atoms with van der Waals surface area (Å²) < 4.78 is 14.3. The van der Waals surface area contributed by atoms with Crippen LogP contribution in [0.3, 0.4) is 0 Å². The second-order valence-corrected chi connectivity index (χ2v) is 5.70. The van der Waals surface area contributed by atoms with E-state index in [0.717, 1.165) is 36.2 Å². The average molecular weight is 284 g/mol. The Balaban J connectivity index is 1.97. The third-order valence-electron chi connectivity index (χ3n) is 4.36. The molecular formula is C18H21FN2. The Morgan fingerprint density at radius 1 is 1.38 bits per heavy atom. The third-order valence-corrected chi connectivity index (χ3v) is 4.36. The number of nitrogens with one attached hydrogen (secondary N) is 1. The van der Waals surface area contributed by atoms with Crippen molar-refractivity contribution in [2.45, 2.75) is 38.6 Å². The summed E-state index contributed by atoms with van der Waals surface area (Å²) >= 11 is 0. The van der Waals surface area contributed by atoms with Crippen LogP contribution in [0.4, 0.5) is 4.39 Å². The Hall–Kier alpha value is -1.74. The average Bonchev–Trinajstić information content (AvgIpc) is 2.92. The van der Waals surface area contributed by atoms with Gasteiger partial charge >= 0.3 is 0 Å². The van der Waals surface area contributed by atoms with Crippen LogP contribution in [-0.2, 0) is 6.42 Å². The quantitative estimate of drug-likeness (QED) is 0.919. The standard InChI is InChI=1S/C18H21FN2/c1-3-20-12(2)14-7-9-17(19)16(11-14)15-8-6-13-5-4-10-21-18(13)15/h4-5,7,9-12,15,20H,3,6,8H2,1-2H3. The number of aromatic nitrogens is 1. The molecule has 3 heteroatoms. The highest BCUT2D eigenvalue weighted by atomic mass is 19.1. The molecule has 1 heterocycles. The molecule has 1 aromatic carbocycles. The van der Waals surface area contributed by atoms with E-state index in [2.05, 4.69) is 30.2 Å². The summed E-state index contributed by atoms with van der Waals surface area (Å²) in [5.41, 5.74) is 4.23. The third kappa shape index (κ3) is 2.70. The zero-order valence-electron chi connectivity index (χ0n) is 12.6. The van der Waals surface area contributed by atoms with E-state index in [4.69, 9.17) is 0 Å². The highest BCUT2D eigenvalue weighted by molar-refractivity contribution is 5.40. The van der Waals surface area contributed by atoms with Crippen molar-refractivity contribution in [3.8, 4) is 0 Å². The zero-order valence-corrected chi connectivity index (χ0v) is 12.6. The minimum absolute atomic E-state index is 0.0926. The first-order valence-corrected chi connectivity index (χ1v) is 7.67. The molecule has 110 valence electrons. The monoisotopic (exact) mass is 284 g/mol. The van der Waals surface area contributed by atoms with E-state index in [1.165, 1.54) is 5.56 Å². The van der Waals surface area contributed by atoms with Gasteiger partial charge in [-0.05, 0) is 55.1 Å². The summed E-state index contributed by atoms with van der Waals surface area (Å²) in [7, 11) is 0. The largest absolute Gasteiger partial charge is 0.310 e. The molecule has 1 aromatic heterocycles. The van der Waals surface area contributed by atoms with Crippen molar-refractivity contribution in [1.82, 2.24) is 10.3 Å². The molecule has 2 atom stereocenters. The predicted molar refractivity (Wildman–Crippen MR) is 82.9 cm³/mol. The smallest absolute Gasteiger partial charge is 0.127 e. The molecule has 0 spiro atoms. The van der Waals surface area contributed by atoms with E-state index in [1.807, 2.05) is 18.2 Å². The van der Waals surface area contributed by atoms with Gasteiger partial charge in [0.05, 0.1) is 5.69 Å². The molecule has 1 aliphatic rings. The molecule has 2 unspecified atom stereocenters. The van der Waals surface area contributed by atoms with Crippen LogP contribution in [0.2, 0.25) is 0 Å². The lowest BCUT2D eigenvalue weighted by Gasteiger charge is -2.17. The molecule has 0 radical (unpaired) electrons. The normalized spacial score (nSPS) is 18.5. The number of aryl methyl sites for hydroxylation is 1. The molecule has 2 aromatic rings. The molecule has 3 rings (SSSR count). The lowest BCUT2D eigenvalue weighted by atomic mass is 9.93. The first kappa shape index (κ1) is 14.2. The minimum Gasteiger partial charge on any atom is -0.310 e. The number of fused-ring (bicyclic) bond motifs is 1. The Morgan fingerprint density at radius 3 is 3.05 bits per heavy atom. The van der Waals surface area contributed by atoms with Gasteiger partial charge in [-0.1, -0.05) is 25.1 Å². The lowest BCUT2D eigenvalue weighted by molar-refractivity contribution is 0.575. The van der Waals surface area contributed by atoms with E-state index < -0.39 is 0 Å². The van der Waals surface area contributed by atoms with Crippen LogP contribution < -0.4 is 5.32 Å². The van der Waals surface area contributed by atoms with Crippen LogP contribution >= 0.6 is 0 Å². The molecule has 0 aliphatic heterocycles. The van der Waals surface area contributed by atoms with Crippen LogP contribution in [0.15, 0.2) is 36.5 Å². The van der Waals surface area contributed by atoms with E-state index in [1.54, 1.807) is 12.3 Å². The highest BCUT2D eigenvalue weighted by Gasteiger charge is 2.27. The Bertz CT molecular complexity index is 639. The summed E-state index contributed by atoms with van der Waals surface area (Å²) in [6.45, 7) is 5.10. The number of pyridine rings is 1. The summed E-state index contributed by atoms with van der Waals surface area (Å²) in [6.07, 6.45) is 3.74. The lowest BCUT2D eigenvalue weighted by Crippen LogP contribution is -2.18. The molecule has 21 heavy (non-hydrogen) atoms. The molecule has 0 saturated carbocycles. The van der Waals surface area contributed by atoms with Crippen molar-refractivity contribution in [3.05, 3.63) is 64.7 Å². The summed E-state index contributed by atoms with van der Waals surface area (Å²) in [6, 6.07) is 9.78. The van der Waals surface area contributed by atoms with Crippen molar-refractivity contribution in [1.29, 1.82) is 0 Å². The van der Waals surface area contributed by atoms with Crippen molar-refractivity contribution in [2.75, 3.05) is 6.54 Å². The number of hydrogen-bond donors (Lipinski definition) is 1. The van der Waals surface area contributed by atoms with Crippen LogP contribution in [-0.4, -0.2) is 11.5 Å². The number of nitrogens with zero attached hydrogens (tertiary/aromatic N) is 1. The molecule has 1 aliphatic carbocycles. The first-order chi connectivity index (χ1) is 10.2. The van der Waals surface area contributed by atoms with Crippen LogP contribution in [0.5, 0.6) is 0 Å². The number of rotatable bonds is 4. The maximum absolute atomic E-state index is 14.3. The molecule has 0 bridgehead atoms. The maximum Gasteiger partial charge on any atom is 0.127 e. The van der Waals surface area contributed by atoms with Gasteiger partial charge in [0.2, 0.25) is 0 Å². The molecule has 0 fully saturated rings.